The molecule has 1 N–H and O–H groups in total. The Bertz CT molecular complexity index is 245. The molecule has 98 valence electrons. The zero-order valence-electron chi connectivity index (χ0n) is 11.3. The van der Waals surface area contributed by atoms with E-state index in [1.807, 2.05) is 0 Å². The van der Waals surface area contributed by atoms with E-state index in [1.54, 1.807) is 0 Å². The smallest absolute Gasteiger partial charge is 0.0252 e. The van der Waals surface area contributed by atoms with Gasteiger partial charge in [0.15, 0.2) is 0 Å². The molecule has 3 aliphatic carbocycles. The van der Waals surface area contributed by atoms with Crippen LogP contribution in [-0.4, -0.2) is 36.1 Å². The number of nitrogens with zero attached hydrogens (tertiary/aromatic N) is 1. The van der Waals surface area contributed by atoms with Gasteiger partial charge in [-0.3, -0.25) is 4.90 Å². The lowest BCUT2D eigenvalue weighted by atomic mass is 10.1. The molecule has 0 bridgehead atoms. The molecule has 0 aromatic carbocycles. The van der Waals surface area contributed by atoms with Crippen molar-refractivity contribution in [2.75, 3.05) is 13.1 Å². The fourth-order valence-electron chi connectivity index (χ4n) is 3.47. The molecule has 0 saturated heterocycles. The lowest BCUT2D eigenvalue weighted by Crippen LogP contribution is -2.48. The Labute approximate surface area is 106 Å². The standard InChI is InChI=1S/C15H28N2/c1-2-10-16-14-4-3-5-15(14)17(13-8-9-13)11-12-6-7-12/h12-16H,2-11H2,1H3. The molecule has 0 spiro atoms. The normalized spacial score (nSPS) is 33.5. The number of rotatable bonds is 7. The first-order chi connectivity index (χ1) is 8.38. The van der Waals surface area contributed by atoms with E-state index in [1.165, 1.54) is 64.5 Å². The summed E-state index contributed by atoms with van der Waals surface area (Å²) in [6, 6.07) is 2.63. The molecule has 0 heterocycles. The lowest BCUT2D eigenvalue weighted by molar-refractivity contribution is 0.156. The molecular formula is C15H28N2. The topological polar surface area (TPSA) is 15.3 Å². The highest BCUT2D eigenvalue weighted by atomic mass is 15.2. The van der Waals surface area contributed by atoms with Gasteiger partial charge in [0, 0.05) is 24.7 Å². The van der Waals surface area contributed by atoms with Gasteiger partial charge in [-0.05, 0) is 57.4 Å². The third-order valence-electron chi connectivity index (χ3n) is 4.74. The minimum absolute atomic E-state index is 0.800. The van der Waals surface area contributed by atoms with E-state index >= 15 is 0 Å². The molecule has 3 saturated carbocycles. The molecule has 17 heavy (non-hydrogen) atoms. The average Bonchev–Trinajstić information content (AvgIpc) is 3.22. The van der Waals surface area contributed by atoms with Gasteiger partial charge in [-0.15, -0.1) is 0 Å². The van der Waals surface area contributed by atoms with Crippen molar-refractivity contribution < 1.29 is 0 Å². The highest BCUT2D eigenvalue weighted by Crippen LogP contribution is 2.39. The molecular weight excluding hydrogens is 208 g/mol. The van der Waals surface area contributed by atoms with Crippen LogP contribution in [0.1, 0.15) is 58.3 Å². The Morgan fingerprint density at radius 3 is 2.53 bits per heavy atom. The second-order valence-corrected chi connectivity index (χ2v) is 6.43. The third-order valence-corrected chi connectivity index (χ3v) is 4.74. The summed E-state index contributed by atoms with van der Waals surface area (Å²) in [5.74, 6) is 1.06. The molecule has 2 nitrogen and oxygen atoms in total. The lowest BCUT2D eigenvalue weighted by Gasteiger charge is -2.34. The van der Waals surface area contributed by atoms with Gasteiger partial charge in [0.05, 0.1) is 0 Å². The molecule has 3 rings (SSSR count). The van der Waals surface area contributed by atoms with Crippen molar-refractivity contribution in [3.63, 3.8) is 0 Å². The molecule has 3 fully saturated rings. The Balaban J connectivity index is 1.57. The van der Waals surface area contributed by atoms with E-state index in [2.05, 4.69) is 17.1 Å². The summed E-state index contributed by atoms with van der Waals surface area (Å²) < 4.78 is 0. The van der Waals surface area contributed by atoms with Crippen molar-refractivity contribution in [2.24, 2.45) is 5.92 Å². The number of hydrogen-bond donors (Lipinski definition) is 1. The van der Waals surface area contributed by atoms with E-state index in [9.17, 15) is 0 Å². The molecule has 0 aromatic rings. The Kier molecular flexibility index (Phi) is 3.72. The van der Waals surface area contributed by atoms with Crippen molar-refractivity contribution in [2.45, 2.75) is 76.4 Å². The molecule has 0 aromatic heterocycles. The second-order valence-electron chi connectivity index (χ2n) is 6.43. The molecule has 0 radical (unpaired) electrons. The summed E-state index contributed by atoms with van der Waals surface area (Å²) in [5.41, 5.74) is 0. The quantitative estimate of drug-likeness (QED) is 0.731. The Morgan fingerprint density at radius 2 is 1.88 bits per heavy atom. The van der Waals surface area contributed by atoms with Crippen molar-refractivity contribution in [3.8, 4) is 0 Å². The van der Waals surface area contributed by atoms with E-state index in [0.29, 0.717) is 0 Å². The minimum Gasteiger partial charge on any atom is -0.312 e. The summed E-state index contributed by atoms with van der Waals surface area (Å²) in [6.07, 6.45) is 11.5. The van der Waals surface area contributed by atoms with Crippen LogP contribution >= 0.6 is 0 Å². The van der Waals surface area contributed by atoms with Crippen LogP contribution in [0.2, 0.25) is 0 Å². The SMILES string of the molecule is CCCNC1CCCC1N(CC1CC1)C1CC1. The van der Waals surface area contributed by atoms with Gasteiger partial charge in [0.2, 0.25) is 0 Å². The van der Waals surface area contributed by atoms with Crippen LogP contribution in [0.15, 0.2) is 0 Å². The van der Waals surface area contributed by atoms with Crippen LogP contribution in [0.3, 0.4) is 0 Å². The first kappa shape index (κ1) is 12.0. The molecule has 3 aliphatic rings. The summed E-state index contributed by atoms with van der Waals surface area (Å²) in [6.45, 7) is 4.91. The summed E-state index contributed by atoms with van der Waals surface area (Å²) >= 11 is 0. The van der Waals surface area contributed by atoms with Crippen molar-refractivity contribution in [1.29, 1.82) is 0 Å². The maximum Gasteiger partial charge on any atom is 0.0252 e. The zero-order chi connectivity index (χ0) is 11.7. The van der Waals surface area contributed by atoms with Crippen LogP contribution in [0.5, 0.6) is 0 Å². The second kappa shape index (κ2) is 5.27. The molecule has 2 atom stereocenters. The summed E-state index contributed by atoms with van der Waals surface area (Å²) in [7, 11) is 0. The molecule has 2 heteroatoms. The monoisotopic (exact) mass is 236 g/mol. The van der Waals surface area contributed by atoms with Gasteiger partial charge in [0.1, 0.15) is 0 Å². The number of nitrogens with one attached hydrogen (secondary N) is 1. The van der Waals surface area contributed by atoms with E-state index < -0.39 is 0 Å². The van der Waals surface area contributed by atoms with Crippen LogP contribution < -0.4 is 5.32 Å². The van der Waals surface area contributed by atoms with Crippen molar-refractivity contribution in [1.82, 2.24) is 10.2 Å². The summed E-state index contributed by atoms with van der Waals surface area (Å²) in [4.78, 5) is 2.90. The predicted molar refractivity (Wildman–Crippen MR) is 72.2 cm³/mol. The first-order valence-electron chi connectivity index (χ1n) is 7.87. The van der Waals surface area contributed by atoms with Crippen LogP contribution in [0.4, 0.5) is 0 Å². The van der Waals surface area contributed by atoms with E-state index in [0.717, 1.165) is 24.0 Å². The van der Waals surface area contributed by atoms with E-state index in [4.69, 9.17) is 0 Å². The summed E-state index contributed by atoms with van der Waals surface area (Å²) in [5, 5.41) is 3.80. The largest absolute Gasteiger partial charge is 0.312 e. The minimum atomic E-state index is 0.800. The molecule has 0 aliphatic heterocycles. The van der Waals surface area contributed by atoms with E-state index in [-0.39, 0.29) is 0 Å². The van der Waals surface area contributed by atoms with Crippen molar-refractivity contribution in [3.05, 3.63) is 0 Å². The Hall–Kier alpha value is -0.0800. The maximum atomic E-state index is 3.80. The van der Waals surface area contributed by atoms with Gasteiger partial charge in [0.25, 0.3) is 0 Å². The predicted octanol–water partition coefficient (Wildman–Crippen LogP) is 2.78. The third kappa shape index (κ3) is 3.03. The highest BCUT2D eigenvalue weighted by Gasteiger charge is 2.41. The zero-order valence-corrected chi connectivity index (χ0v) is 11.3. The average molecular weight is 236 g/mol. The van der Waals surface area contributed by atoms with Crippen molar-refractivity contribution >= 4 is 0 Å². The fraction of sp³-hybridized carbons (Fsp3) is 1.00. The first-order valence-corrected chi connectivity index (χ1v) is 7.87. The fourth-order valence-corrected chi connectivity index (χ4v) is 3.47. The Morgan fingerprint density at radius 1 is 1.06 bits per heavy atom. The van der Waals surface area contributed by atoms with Crippen LogP contribution in [-0.2, 0) is 0 Å². The molecule has 2 unspecified atom stereocenters. The highest BCUT2D eigenvalue weighted by molar-refractivity contribution is 4.98. The number of hydrogen-bond acceptors (Lipinski definition) is 2. The van der Waals surface area contributed by atoms with Crippen LogP contribution in [0, 0.1) is 5.92 Å². The van der Waals surface area contributed by atoms with Gasteiger partial charge in [-0.1, -0.05) is 13.3 Å². The van der Waals surface area contributed by atoms with Crippen LogP contribution in [0.25, 0.3) is 0 Å². The van der Waals surface area contributed by atoms with Gasteiger partial charge in [-0.25, -0.2) is 0 Å². The maximum absolute atomic E-state index is 3.80. The van der Waals surface area contributed by atoms with Gasteiger partial charge < -0.3 is 5.32 Å². The van der Waals surface area contributed by atoms with Gasteiger partial charge >= 0.3 is 0 Å². The molecule has 0 amide bonds. The van der Waals surface area contributed by atoms with Gasteiger partial charge in [-0.2, -0.15) is 0 Å².